The van der Waals surface area contributed by atoms with Crippen molar-refractivity contribution in [1.82, 2.24) is 19.2 Å². The van der Waals surface area contributed by atoms with Crippen LogP contribution in [0.4, 0.5) is 5.95 Å². The number of hydrogen-bond donors (Lipinski definition) is 1. The summed E-state index contributed by atoms with van der Waals surface area (Å²) >= 11 is 0. The Labute approximate surface area is 126 Å². The fourth-order valence-corrected chi connectivity index (χ4v) is 3.55. The zero-order valence-electron chi connectivity index (χ0n) is 12.6. The van der Waals surface area contributed by atoms with Gasteiger partial charge in [-0.05, 0) is 26.4 Å². The van der Waals surface area contributed by atoms with Crippen LogP contribution in [-0.2, 0) is 10.0 Å². The second kappa shape index (κ2) is 7.15. The number of nitrogens with one attached hydrogen (secondary N) is 1. The van der Waals surface area contributed by atoms with Gasteiger partial charge in [0, 0.05) is 26.2 Å². The molecule has 0 bridgehead atoms. The number of likely N-dealkylation sites (N-methyl/N-ethyl adjacent to an activating group) is 1. The highest BCUT2D eigenvalue weighted by Gasteiger charge is 2.26. The number of sulfonamides is 1. The van der Waals surface area contributed by atoms with Crippen molar-refractivity contribution in [3.8, 4) is 0 Å². The van der Waals surface area contributed by atoms with E-state index in [-0.39, 0.29) is 4.90 Å². The maximum absolute atomic E-state index is 12.6. The highest BCUT2D eigenvalue weighted by molar-refractivity contribution is 7.89. The summed E-state index contributed by atoms with van der Waals surface area (Å²) in [4.78, 5) is 10.5. The van der Waals surface area contributed by atoms with Crippen molar-refractivity contribution in [2.24, 2.45) is 0 Å². The lowest BCUT2D eigenvalue weighted by Crippen LogP contribution is -2.34. The molecule has 118 valence electrons. The predicted molar refractivity (Wildman–Crippen MR) is 81.7 cm³/mol. The fraction of sp³-hybridized carbons (Fsp3) is 0.692. The van der Waals surface area contributed by atoms with Crippen molar-refractivity contribution in [2.45, 2.75) is 24.7 Å². The summed E-state index contributed by atoms with van der Waals surface area (Å²) in [6.45, 7) is 5.53. The zero-order valence-corrected chi connectivity index (χ0v) is 13.4. The first-order valence-electron chi connectivity index (χ1n) is 7.28. The number of hydrogen-bond acceptors (Lipinski definition) is 6. The molecular formula is C13H23N5O2S. The van der Waals surface area contributed by atoms with Crippen molar-refractivity contribution >= 4 is 16.0 Å². The Morgan fingerprint density at radius 1 is 1.19 bits per heavy atom. The average Bonchev–Trinajstić information content (AvgIpc) is 2.70. The van der Waals surface area contributed by atoms with Gasteiger partial charge < -0.3 is 10.2 Å². The molecule has 8 heteroatoms. The van der Waals surface area contributed by atoms with Crippen LogP contribution in [0.2, 0.25) is 0 Å². The van der Waals surface area contributed by atoms with Gasteiger partial charge >= 0.3 is 0 Å². The van der Waals surface area contributed by atoms with Crippen LogP contribution in [0, 0.1) is 0 Å². The van der Waals surface area contributed by atoms with Crippen LogP contribution in [0.25, 0.3) is 0 Å². The van der Waals surface area contributed by atoms with Crippen LogP contribution < -0.4 is 5.32 Å². The molecule has 0 unspecified atom stereocenters. The Hall–Kier alpha value is -1.25. The van der Waals surface area contributed by atoms with E-state index in [0.717, 1.165) is 32.5 Å². The van der Waals surface area contributed by atoms with E-state index in [4.69, 9.17) is 0 Å². The van der Waals surface area contributed by atoms with E-state index in [0.29, 0.717) is 19.0 Å². The van der Waals surface area contributed by atoms with Gasteiger partial charge in [0.05, 0.1) is 12.4 Å². The van der Waals surface area contributed by atoms with Crippen molar-refractivity contribution < 1.29 is 8.42 Å². The third-order valence-corrected chi connectivity index (χ3v) is 5.33. The SMILES string of the molecule is CCCNc1ncc(S(=O)(=O)N2CCCN(C)CC2)cn1. The molecule has 0 spiro atoms. The maximum atomic E-state index is 12.6. The van der Waals surface area contributed by atoms with Gasteiger partial charge in [0.25, 0.3) is 0 Å². The van der Waals surface area contributed by atoms with Crippen molar-refractivity contribution in [2.75, 3.05) is 45.1 Å². The van der Waals surface area contributed by atoms with E-state index < -0.39 is 10.0 Å². The number of aromatic nitrogens is 2. The Balaban J connectivity index is 2.11. The Morgan fingerprint density at radius 3 is 2.57 bits per heavy atom. The largest absolute Gasteiger partial charge is 0.354 e. The molecule has 1 fully saturated rings. The smallest absolute Gasteiger partial charge is 0.246 e. The van der Waals surface area contributed by atoms with Crippen LogP contribution in [-0.4, -0.2) is 67.4 Å². The predicted octanol–water partition coefficient (Wildman–Crippen LogP) is 0.625. The number of nitrogens with zero attached hydrogens (tertiary/aromatic N) is 4. The van der Waals surface area contributed by atoms with Gasteiger partial charge in [-0.1, -0.05) is 6.92 Å². The van der Waals surface area contributed by atoms with E-state index in [1.54, 1.807) is 0 Å². The van der Waals surface area contributed by atoms with Gasteiger partial charge in [-0.25, -0.2) is 18.4 Å². The van der Waals surface area contributed by atoms with Gasteiger partial charge in [0.15, 0.2) is 0 Å². The van der Waals surface area contributed by atoms with E-state index in [2.05, 4.69) is 20.2 Å². The highest BCUT2D eigenvalue weighted by atomic mass is 32.2. The van der Waals surface area contributed by atoms with Gasteiger partial charge in [-0.15, -0.1) is 0 Å². The summed E-state index contributed by atoms with van der Waals surface area (Å²) in [5, 5.41) is 3.03. The molecule has 1 aromatic rings. The Bertz CT molecular complexity index is 546. The minimum Gasteiger partial charge on any atom is -0.354 e. The van der Waals surface area contributed by atoms with Crippen LogP contribution in [0.15, 0.2) is 17.3 Å². The summed E-state index contributed by atoms with van der Waals surface area (Å²) < 4.78 is 26.7. The van der Waals surface area contributed by atoms with Gasteiger partial charge in [0.1, 0.15) is 4.90 Å². The molecule has 0 radical (unpaired) electrons. The first-order valence-corrected chi connectivity index (χ1v) is 8.72. The molecular weight excluding hydrogens is 290 g/mol. The van der Waals surface area contributed by atoms with Crippen molar-refractivity contribution in [3.63, 3.8) is 0 Å². The molecule has 1 saturated heterocycles. The lowest BCUT2D eigenvalue weighted by atomic mass is 10.4. The van der Waals surface area contributed by atoms with Crippen LogP contribution >= 0.6 is 0 Å². The molecule has 1 aliphatic heterocycles. The first-order chi connectivity index (χ1) is 10.0. The summed E-state index contributed by atoms with van der Waals surface area (Å²) in [6.07, 6.45) is 4.57. The third kappa shape index (κ3) is 4.12. The molecule has 2 heterocycles. The maximum Gasteiger partial charge on any atom is 0.246 e. The molecule has 2 rings (SSSR count). The highest BCUT2D eigenvalue weighted by Crippen LogP contribution is 2.16. The standard InChI is InChI=1S/C13H23N5O2S/c1-3-5-14-13-15-10-12(11-16-13)21(19,20)18-7-4-6-17(2)8-9-18/h10-11H,3-9H2,1-2H3,(H,14,15,16). The minimum absolute atomic E-state index is 0.161. The molecule has 0 atom stereocenters. The van der Waals surface area contributed by atoms with E-state index in [1.165, 1.54) is 16.7 Å². The lowest BCUT2D eigenvalue weighted by molar-refractivity contribution is 0.347. The van der Waals surface area contributed by atoms with Crippen molar-refractivity contribution in [3.05, 3.63) is 12.4 Å². The monoisotopic (exact) mass is 313 g/mol. The van der Waals surface area contributed by atoms with Crippen molar-refractivity contribution in [1.29, 1.82) is 0 Å². The first kappa shape index (κ1) is 16.1. The molecule has 7 nitrogen and oxygen atoms in total. The molecule has 0 aliphatic carbocycles. The molecule has 0 saturated carbocycles. The molecule has 0 aromatic carbocycles. The minimum atomic E-state index is -3.49. The Kier molecular flexibility index (Phi) is 5.49. The third-order valence-electron chi connectivity index (χ3n) is 3.48. The zero-order chi connectivity index (χ0) is 15.3. The van der Waals surface area contributed by atoms with Crippen LogP contribution in [0.3, 0.4) is 0 Å². The van der Waals surface area contributed by atoms with Gasteiger partial charge in [-0.2, -0.15) is 4.31 Å². The summed E-state index contributed by atoms with van der Waals surface area (Å²) in [5.41, 5.74) is 0. The normalized spacial score (nSPS) is 18.4. The van der Waals surface area contributed by atoms with Gasteiger partial charge in [0.2, 0.25) is 16.0 Å². The lowest BCUT2D eigenvalue weighted by Gasteiger charge is -2.19. The fourth-order valence-electron chi connectivity index (χ4n) is 2.19. The Morgan fingerprint density at radius 2 is 1.90 bits per heavy atom. The summed E-state index contributed by atoms with van der Waals surface area (Å²) in [7, 11) is -1.48. The van der Waals surface area contributed by atoms with E-state index >= 15 is 0 Å². The van der Waals surface area contributed by atoms with E-state index in [1.807, 2.05) is 14.0 Å². The number of anilines is 1. The quantitative estimate of drug-likeness (QED) is 0.859. The molecule has 21 heavy (non-hydrogen) atoms. The van der Waals surface area contributed by atoms with Crippen LogP contribution in [0.5, 0.6) is 0 Å². The molecule has 1 N–H and O–H groups in total. The second-order valence-electron chi connectivity index (χ2n) is 5.23. The topological polar surface area (TPSA) is 78.4 Å². The average molecular weight is 313 g/mol. The van der Waals surface area contributed by atoms with E-state index in [9.17, 15) is 8.42 Å². The van der Waals surface area contributed by atoms with Gasteiger partial charge in [-0.3, -0.25) is 0 Å². The second-order valence-corrected chi connectivity index (χ2v) is 7.17. The summed E-state index contributed by atoms with van der Waals surface area (Å²) in [5.74, 6) is 0.464. The molecule has 1 aromatic heterocycles. The van der Waals surface area contributed by atoms with Crippen LogP contribution in [0.1, 0.15) is 19.8 Å². The molecule has 0 amide bonds. The summed E-state index contributed by atoms with van der Waals surface area (Å²) in [6, 6.07) is 0. The number of rotatable bonds is 5. The molecule has 1 aliphatic rings.